The van der Waals surface area contributed by atoms with E-state index in [1.165, 1.54) is 4.90 Å². The number of carbonyl (C=O) groups is 2. The van der Waals surface area contributed by atoms with Crippen LogP contribution in [-0.2, 0) is 4.74 Å². The highest BCUT2D eigenvalue weighted by Crippen LogP contribution is 2.30. The molecule has 1 fully saturated rings. The van der Waals surface area contributed by atoms with Crippen LogP contribution in [0.2, 0.25) is 0 Å². The van der Waals surface area contributed by atoms with Crippen LogP contribution in [0, 0.1) is 0 Å². The summed E-state index contributed by atoms with van der Waals surface area (Å²) < 4.78 is 17.3. The number of imide groups is 1. The van der Waals surface area contributed by atoms with Crippen molar-refractivity contribution in [1.82, 2.24) is 4.90 Å². The van der Waals surface area contributed by atoms with E-state index in [0.717, 1.165) is 16.8 Å². The minimum Gasteiger partial charge on any atom is -0.493 e. The van der Waals surface area contributed by atoms with Gasteiger partial charge in [0.15, 0.2) is 0 Å². The summed E-state index contributed by atoms with van der Waals surface area (Å²) in [7, 11) is 0. The zero-order valence-corrected chi connectivity index (χ0v) is 16.1. The molecule has 0 spiro atoms. The summed E-state index contributed by atoms with van der Waals surface area (Å²) in [6.07, 6.45) is 0.760. The zero-order chi connectivity index (χ0) is 18.8. The van der Waals surface area contributed by atoms with Crippen molar-refractivity contribution in [3.63, 3.8) is 0 Å². The van der Waals surface area contributed by atoms with Crippen LogP contribution in [-0.4, -0.2) is 49.2 Å². The van der Waals surface area contributed by atoms with Gasteiger partial charge in [0.05, 0.1) is 28.8 Å². The number of fused-ring (bicyclic) bond motifs is 1. The summed E-state index contributed by atoms with van der Waals surface area (Å²) in [5.74, 6) is 0.960. The second-order valence-corrected chi connectivity index (χ2v) is 7.22. The smallest absolute Gasteiger partial charge is 0.261 e. The van der Waals surface area contributed by atoms with Crippen molar-refractivity contribution in [2.45, 2.75) is 12.5 Å². The maximum Gasteiger partial charge on any atom is 0.261 e. The van der Waals surface area contributed by atoms with Crippen LogP contribution in [0.15, 0.2) is 46.9 Å². The largest absolute Gasteiger partial charge is 0.493 e. The Hall–Kier alpha value is -2.38. The molecule has 4 rings (SSSR count). The van der Waals surface area contributed by atoms with Gasteiger partial charge in [-0.1, -0.05) is 12.1 Å². The number of benzene rings is 2. The topological polar surface area (TPSA) is 68.4 Å². The highest BCUT2D eigenvalue weighted by molar-refractivity contribution is 9.10. The van der Waals surface area contributed by atoms with Crippen LogP contribution in [0.5, 0.6) is 11.5 Å². The Morgan fingerprint density at radius 3 is 2.41 bits per heavy atom. The molecule has 1 atom stereocenters. The Kier molecular flexibility index (Phi) is 5.13. The van der Waals surface area contributed by atoms with E-state index in [-0.39, 0.29) is 17.9 Å². The molecule has 1 unspecified atom stereocenters. The summed E-state index contributed by atoms with van der Waals surface area (Å²) in [5.41, 5.74) is 0.944. The predicted molar refractivity (Wildman–Crippen MR) is 101 cm³/mol. The lowest BCUT2D eigenvalue weighted by Gasteiger charge is -2.14. The number of carbonyl (C=O) groups excluding carboxylic acids is 2. The standard InChI is InChI=1S/C20H18BrNO5/c21-17-10-13(6-7-18(17)27-12-14-11-26-14)25-9-3-8-22-19(23)15-4-1-2-5-16(15)20(22)24/h1-2,4-7,10,14H,3,8-9,11-12H2. The Morgan fingerprint density at radius 2 is 1.78 bits per heavy atom. The maximum absolute atomic E-state index is 12.3. The second kappa shape index (κ2) is 7.70. The third kappa shape index (κ3) is 3.99. The highest BCUT2D eigenvalue weighted by Gasteiger charge is 2.34. The molecular weight excluding hydrogens is 414 g/mol. The summed E-state index contributed by atoms with van der Waals surface area (Å²) in [5, 5.41) is 0. The average Bonchev–Trinajstić information content (AvgIpc) is 3.47. The molecule has 2 heterocycles. The lowest BCUT2D eigenvalue weighted by atomic mass is 10.1. The number of nitrogens with zero attached hydrogens (tertiary/aromatic N) is 1. The number of ether oxygens (including phenoxy) is 3. The fourth-order valence-electron chi connectivity index (χ4n) is 2.89. The summed E-state index contributed by atoms with van der Waals surface area (Å²) in [6, 6.07) is 12.4. The molecular formula is C20H18BrNO5. The molecule has 6 nitrogen and oxygen atoms in total. The fraction of sp³-hybridized carbons (Fsp3) is 0.300. The number of hydrogen-bond acceptors (Lipinski definition) is 5. The summed E-state index contributed by atoms with van der Waals surface area (Å²) in [6.45, 7) is 2.02. The molecule has 27 heavy (non-hydrogen) atoms. The molecule has 2 aromatic carbocycles. The first-order valence-electron chi connectivity index (χ1n) is 8.75. The van der Waals surface area contributed by atoms with Crippen LogP contribution >= 0.6 is 15.9 Å². The first kappa shape index (κ1) is 18.0. The maximum atomic E-state index is 12.3. The Bertz CT molecular complexity index is 845. The van der Waals surface area contributed by atoms with E-state index in [2.05, 4.69) is 15.9 Å². The van der Waals surface area contributed by atoms with Gasteiger partial charge in [-0.05, 0) is 52.7 Å². The lowest BCUT2D eigenvalue weighted by Crippen LogP contribution is -2.31. The van der Waals surface area contributed by atoms with Gasteiger partial charge in [0.25, 0.3) is 11.8 Å². The van der Waals surface area contributed by atoms with Crippen LogP contribution in [0.3, 0.4) is 0 Å². The highest BCUT2D eigenvalue weighted by atomic mass is 79.9. The molecule has 2 amide bonds. The van der Waals surface area contributed by atoms with Crippen molar-refractivity contribution in [1.29, 1.82) is 0 Å². The number of amides is 2. The number of epoxide rings is 1. The third-order valence-electron chi connectivity index (χ3n) is 4.40. The molecule has 2 aliphatic heterocycles. The van der Waals surface area contributed by atoms with Gasteiger partial charge in [-0.25, -0.2) is 0 Å². The molecule has 2 aromatic rings. The van der Waals surface area contributed by atoms with Gasteiger partial charge in [-0.2, -0.15) is 0 Å². The minimum absolute atomic E-state index is 0.204. The monoisotopic (exact) mass is 431 g/mol. The van der Waals surface area contributed by atoms with E-state index < -0.39 is 0 Å². The van der Waals surface area contributed by atoms with E-state index >= 15 is 0 Å². The van der Waals surface area contributed by atoms with Gasteiger partial charge >= 0.3 is 0 Å². The average molecular weight is 432 g/mol. The Morgan fingerprint density at radius 1 is 1.07 bits per heavy atom. The molecule has 0 bridgehead atoms. The number of hydrogen-bond donors (Lipinski definition) is 0. The molecule has 2 aliphatic rings. The Balaban J connectivity index is 1.26. The van der Waals surface area contributed by atoms with Crippen LogP contribution in [0.1, 0.15) is 27.1 Å². The normalized spacial score (nSPS) is 17.8. The van der Waals surface area contributed by atoms with E-state index in [1.807, 2.05) is 18.2 Å². The van der Waals surface area contributed by atoms with Gasteiger partial charge in [0.2, 0.25) is 0 Å². The first-order valence-corrected chi connectivity index (χ1v) is 9.55. The molecule has 0 saturated carbocycles. The third-order valence-corrected chi connectivity index (χ3v) is 5.02. The van der Waals surface area contributed by atoms with Crippen LogP contribution < -0.4 is 9.47 Å². The first-order chi connectivity index (χ1) is 13.1. The molecule has 0 aromatic heterocycles. The van der Waals surface area contributed by atoms with Gasteiger partial charge in [0, 0.05) is 6.54 Å². The van der Waals surface area contributed by atoms with Gasteiger partial charge in [-0.3, -0.25) is 14.5 Å². The molecule has 0 N–H and O–H groups in total. The lowest BCUT2D eigenvalue weighted by molar-refractivity contribution is 0.0646. The van der Waals surface area contributed by atoms with E-state index in [1.54, 1.807) is 24.3 Å². The SMILES string of the molecule is O=C1c2ccccc2C(=O)N1CCCOc1ccc(OCC2CO2)c(Br)c1. The molecule has 0 radical (unpaired) electrons. The van der Waals surface area contributed by atoms with Crippen molar-refractivity contribution in [3.05, 3.63) is 58.1 Å². The van der Waals surface area contributed by atoms with Crippen molar-refractivity contribution in [3.8, 4) is 11.5 Å². The zero-order valence-electron chi connectivity index (χ0n) is 14.5. The quantitative estimate of drug-likeness (QED) is 0.364. The van der Waals surface area contributed by atoms with Crippen molar-refractivity contribution in [2.75, 3.05) is 26.4 Å². The minimum atomic E-state index is -0.237. The molecule has 7 heteroatoms. The second-order valence-electron chi connectivity index (χ2n) is 6.37. The van der Waals surface area contributed by atoms with Crippen LogP contribution in [0.4, 0.5) is 0 Å². The Labute approximate surface area is 165 Å². The van der Waals surface area contributed by atoms with Crippen molar-refractivity contribution in [2.24, 2.45) is 0 Å². The summed E-state index contributed by atoms with van der Waals surface area (Å²) in [4.78, 5) is 25.9. The van der Waals surface area contributed by atoms with E-state index in [4.69, 9.17) is 14.2 Å². The van der Waals surface area contributed by atoms with E-state index in [9.17, 15) is 9.59 Å². The van der Waals surface area contributed by atoms with E-state index in [0.29, 0.717) is 43.1 Å². The molecule has 1 saturated heterocycles. The predicted octanol–water partition coefficient (Wildman–Crippen LogP) is 3.29. The fourth-order valence-corrected chi connectivity index (χ4v) is 3.36. The van der Waals surface area contributed by atoms with Crippen LogP contribution in [0.25, 0.3) is 0 Å². The van der Waals surface area contributed by atoms with Crippen molar-refractivity contribution < 1.29 is 23.8 Å². The molecule has 140 valence electrons. The summed E-state index contributed by atoms with van der Waals surface area (Å²) >= 11 is 3.47. The van der Waals surface area contributed by atoms with Gasteiger partial charge in [-0.15, -0.1) is 0 Å². The number of rotatable bonds is 8. The molecule has 0 aliphatic carbocycles. The van der Waals surface area contributed by atoms with Crippen molar-refractivity contribution >= 4 is 27.7 Å². The number of halogens is 1. The van der Waals surface area contributed by atoms with Gasteiger partial charge in [0.1, 0.15) is 24.2 Å². The van der Waals surface area contributed by atoms with Gasteiger partial charge < -0.3 is 14.2 Å².